The van der Waals surface area contributed by atoms with E-state index in [1.807, 2.05) is 6.92 Å². The number of nitrogens with zero attached hydrogens (tertiary/aromatic N) is 1. The summed E-state index contributed by atoms with van der Waals surface area (Å²) in [6, 6.07) is -0.0806. The Hall–Kier alpha value is -1.30. The van der Waals surface area contributed by atoms with Crippen LogP contribution in [0.25, 0.3) is 0 Å². The Morgan fingerprint density at radius 1 is 1.29 bits per heavy atom. The van der Waals surface area contributed by atoms with Crippen LogP contribution < -0.4 is 5.32 Å². The van der Waals surface area contributed by atoms with Crippen LogP contribution in [0, 0.1) is 5.41 Å². The Morgan fingerprint density at radius 3 is 2.48 bits per heavy atom. The number of hydrogen-bond acceptors (Lipinski definition) is 3. The Bertz CT molecular complexity index is 339. The number of carboxylic acid groups (broad SMARTS) is 1. The average Bonchev–Trinajstić information content (AvgIpc) is 2.47. The second kappa shape index (κ2) is 8.87. The van der Waals surface area contributed by atoms with Crippen LogP contribution in [0.4, 0.5) is 4.79 Å². The van der Waals surface area contributed by atoms with E-state index in [2.05, 4.69) is 5.32 Å². The van der Waals surface area contributed by atoms with E-state index < -0.39 is 11.4 Å². The molecular weight excluding hydrogens is 272 g/mol. The molecule has 21 heavy (non-hydrogen) atoms. The molecule has 1 fully saturated rings. The van der Waals surface area contributed by atoms with E-state index in [0.29, 0.717) is 45.5 Å². The van der Waals surface area contributed by atoms with Gasteiger partial charge in [-0.3, -0.25) is 4.79 Å². The molecule has 1 heterocycles. The second-order valence-electron chi connectivity index (χ2n) is 5.75. The quantitative estimate of drug-likeness (QED) is 0.673. The largest absolute Gasteiger partial charge is 0.481 e. The zero-order valence-corrected chi connectivity index (χ0v) is 13.2. The first-order valence-corrected chi connectivity index (χ1v) is 7.81. The number of unbranched alkanes of at least 4 members (excludes halogenated alkanes) is 1. The molecule has 0 saturated carbocycles. The molecule has 0 radical (unpaired) electrons. The van der Waals surface area contributed by atoms with Gasteiger partial charge in [0.15, 0.2) is 0 Å². The van der Waals surface area contributed by atoms with Crippen molar-refractivity contribution in [2.45, 2.75) is 45.4 Å². The molecule has 0 unspecified atom stereocenters. The van der Waals surface area contributed by atoms with Gasteiger partial charge in [0.25, 0.3) is 0 Å². The lowest BCUT2D eigenvalue weighted by atomic mass is 9.75. The average molecular weight is 300 g/mol. The van der Waals surface area contributed by atoms with Crippen molar-refractivity contribution >= 4 is 12.0 Å². The van der Waals surface area contributed by atoms with E-state index in [0.717, 1.165) is 19.3 Å². The molecule has 0 aromatic rings. The first-order valence-electron chi connectivity index (χ1n) is 7.81. The number of nitrogens with one attached hydrogen (secondary N) is 1. The third-order valence-electron chi connectivity index (χ3n) is 4.24. The maximum absolute atomic E-state index is 12.0. The zero-order valence-electron chi connectivity index (χ0n) is 13.2. The lowest BCUT2D eigenvalue weighted by molar-refractivity contribution is -0.152. The molecule has 122 valence electrons. The highest BCUT2D eigenvalue weighted by Crippen LogP contribution is 2.36. The number of rotatable bonds is 8. The van der Waals surface area contributed by atoms with E-state index >= 15 is 0 Å². The molecule has 6 nitrogen and oxygen atoms in total. The number of carbonyl (C=O) groups excluding carboxylic acids is 1. The zero-order chi connectivity index (χ0) is 15.7. The fourth-order valence-corrected chi connectivity index (χ4v) is 2.87. The Labute approximate surface area is 126 Å². The lowest BCUT2D eigenvalue weighted by Gasteiger charge is -2.38. The Balaban J connectivity index is 2.34. The third kappa shape index (κ3) is 5.19. The van der Waals surface area contributed by atoms with E-state index in [1.165, 1.54) is 0 Å². The molecule has 2 amide bonds. The number of methoxy groups -OCH3 is 1. The third-order valence-corrected chi connectivity index (χ3v) is 4.24. The normalized spacial score (nSPS) is 17.5. The number of likely N-dealkylation sites (tertiary alicyclic amines) is 1. The highest BCUT2D eigenvalue weighted by atomic mass is 16.5. The van der Waals surface area contributed by atoms with Gasteiger partial charge in [-0.25, -0.2) is 4.79 Å². The molecule has 0 atom stereocenters. The van der Waals surface area contributed by atoms with E-state index in [9.17, 15) is 14.7 Å². The van der Waals surface area contributed by atoms with Gasteiger partial charge in [0, 0.05) is 33.4 Å². The van der Waals surface area contributed by atoms with Gasteiger partial charge < -0.3 is 20.1 Å². The number of piperidine rings is 1. The first kappa shape index (κ1) is 17.8. The Kier molecular flexibility index (Phi) is 7.50. The van der Waals surface area contributed by atoms with E-state index in [1.54, 1.807) is 12.0 Å². The van der Waals surface area contributed by atoms with Gasteiger partial charge in [0.2, 0.25) is 0 Å². The molecule has 0 aliphatic carbocycles. The molecule has 2 N–H and O–H groups in total. The van der Waals surface area contributed by atoms with Gasteiger partial charge >= 0.3 is 12.0 Å². The number of ether oxygens (including phenoxy) is 1. The number of urea groups is 1. The predicted octanol–water partition coefficient (Wildman–Crippen LogP) is 2.09. The molecular formula is C15H28N2O4. The van der Waals surface area contributed by atoms with Gasteiger partial charge in [-0.2, -0.15) is 0 Å². The number of aliphatic carboxylic acids is 1. The van der Waals surface area contributed by atoms with E-state index in [4.69, 9.17) is 4.74 Å². The summed E-state index contributed by atoms with van der Waals surface area (Å²) in [5, 5.41) is 12.3. The summed E-state index contributed by atoms with van der Waals surface area (Å²) >= 11 is 0. The van der Waals surface area contributed by atoms with Crippen molar-refractivity contribution in [1.29, 1.82) is 0 Å². The smallest absolute Gasteiger partial charge is 0.317 e. The molecule has 0 bridgehead atoms. The summed E-state index contributed by atoms with van der Waals surface area (Å²) in [6.45, 7) is 4.39. The minimum atomic E-state index is -0.719. The van der Waals surface area contributed by atoms with Crippen LogP contribution in [-0.4, -0.2) is 55.4 Å². The second-order valence-corrected chi connectivity index (χ2v) is 5.75. The van der Waals surface area contributed by atoms with Crippen LogP contribution >= 0.6 is 0 Å². The fraction of sp³-hybridized carbons (Fsp3) is 0.867. The molecule has 1 rings (SSSR count). The summed E-state index contributed by atoms with van der Waals surface area (Å²) < 4.78 is 4.95. The van der Waals surface area contributed by atoms with Gasteiger partial charge in [-0.1, -0.05) is 13.3 Å². The maximum Gasteiger partial charge on any atom is 0.317 e. The molecule has 1 aliphatic heterocycles. The van der Waals surface area contributed by atoms with Crippen molar-refractivity contribution in [2.75, 3.05) is 33.4 Å². The van der Waals surface area contributed by atoms with Gasteiger partial charge in [-0.15, -0.1) is 0 Å². The summed E-state index contributed by atoms with van der Waals surface area (Å²) in [5.74, 6) is -0.719. The minimum Gasteiger partial charge on any atom is -0.481 e. The summed E-state index contributed by atoms with van der Waals surface area (Å²) in [7, 11) is 1.66. The van der Waals surface area contributed by atoms with Crippen molar-refractivity contribution < 1.29 is 19.4 Å². The summed E-state index contributed by atoms with van der Waals surface area (Å²) in [6.07, 6.45) is 4.46. The van der Waals surface area contributed by atoms with Crippen LogP contribution in [0.5, 0.6) is 0 Å². The SMILES string of the molecule is CCCC1(C(=O)O)CCN(C(=O)NCCCCOC)CC1. The van der Waals surface area contributed by atoms with Crippen molar-refractivity contribution in [3.63, 3.8) is 0 Å². The predicted molar refractivity (Wildman–Crippen MR) is 80.3 cm³/mol. The summed E-state index contributed by atoms with van der Waals surface area (Å²) in [5.41, 5.74) is -0.635. The maximum atomic E-state index is 12.0. The topological polar surface area (TPSA) is 78.9 Å². The standard InChI is InChI=1S/C15H28N2O4/c1-3-6-15(13(18)19)7-10-17(11-8-15)14(20)16-9-4-5-12-21-2/h3-12H2,1-2H3,(H,16,20)(H,18,19). The first-order chi connectivity index (χ1) is 10.1. The molecule has 1 saturated heterocycles. The lowest BCUT2D eigenvalue weighted by Crippen LogP contribution is -2.49. The fourth-order valence-electron chi connectivity index (χ4n) is 2.87. The van der Waals surface area contributed by atoms with Gasteiger partial charge in [-0.05, 0) is 32.1 Å². The molecule has 0 aromatic carbocycles. The minimum absolute atomic E-state index is 0.0806. The Morgan fingerprint density at radius 2 is 1.95 bits per heavy atom. The van der Waals surface area contributed by atoms with Crippen molar-refractivity contribution in [2.24, 2.45) is 5.41 Å². The van der Waals surface area contributed by atoms with Crippen molar-refractivity contribution in [3.05, 3.63) is 0 Å². The van der Waals surface area contributed by atoms with Crippen LogP contribution in [-0.2, 0) is 9.53 Å². The van der Waals surface area contributed by atoms with Crippen molar-refractivity contribution in [3.8, 4) is 0 Å². The van der Waals surface area contributed by atoms with E-state index in [-0.39, 0.29) is 6.03 Å². The monoisotopic (exact) mass is 300 g/mol. The van der Waals surface area contributed by atoms with Crippen LogP contribution in [0.2, 0.25) is 0 Å². The highest BCUT2D eigenvalue weighted by molar-refractivity contribution is 5.77. The van der Waals surface area contributed by atoms with Crippen LogP contribution in [0.15, 0.2) is 0 Å². The van der Waals surface area contributed by atoms with Gasteiger partial charge in [0.1, 0.15) is 0 Å². The van der Waals surface area contributed by atoms with Crippen LogP contribution in [0.3, 0.4) is 0 Å². The van der Waals surface area contributed by atoms with Crippen molar-refractivity contribution in [1.82, 2.24) is 10.2 Å². The molecule has 0 spiro atoms. The van der Waals surface area contributed by atoms with Crippen LogP contribution in [0.1, 0.15) is 45.4 Å². The highest BCUT2D eigenvalue weighted by Gasteiger charge is 2.41. The number of carbonyl (C=O) groups is 2. The molecule has 6 heteroatoms. The molecule has 1 aliphatic rings. The number of hydrogen-bond donors (Lipinski definition) is 2. The number of amides is 2. The summed E-state index contributed by atoms with van der Waals surface area (Å²) in [4.78, 5) is 25.2. The number of carboxylic acids is 1. The van der Waals surface area contributed by atoms with Gasteiger partial charge in [0.05, 0.1) is 5.41 Å². The molecule has 0 aromatic heterocycles.